The van der Waals surface area contributed by atoms with Crippen LogP contribution in [-0.4, -0.2) is 9.91 Å². The van der Waals surface area contributed by atoms with E-state index < -0.39 is 4.92 Å². The molecule has 0 unspecified atom stereocenters. The minimum atomic E-state index is -0.484. The zero-order chi connectivity index (χ0) is 15.4. The third kappa shape index (κ3) is 3.68. The van der Waals surface area contributed by atoms with Gasteiger partial charge in [0.2, 0.25) is 0 Å². The third-order valence-corrected chi connectivity index (χ3v) is 3.13. The Morgan fingerprint density at radius 1 is 1.38 bits per heavy atom. The fourth-order valence-electron chi connectivity index (χ4n) is 1.86. The number of benzene rings is 1. The number of nitrogens with zero attached hydrogens (tertiary/aromatic N) is 2. The van der Waals surface area contributed by atoms with Gasteiger partial charge in [0.15, 0.2) is 0 Å². The van der Waals surface area contributed by atoms with E-state index in [1.54, 1.807) is 24.3 Å². The van der Waals surface area contributed by atoms with Crippen molar-refractivity contribution in [3.8, 4) is 5.75 Å². The number of nitrogens with two attached hydrogens (primary N) is 1. The number of hydrogen-bond acceptors (Lipinski definition) is 5. The van der Waals surface area contributed by atoms with Crippen LogP contribution in [-0.2, 0) is 13.2 Å². The maximum atomic E-state index is 11.0. The van der Waals surface area contributed by atoms with Crippen LogP contribution in [0.5, 0.6) is 5.75 Å². The van der Waals surface area contributed by atoms with Crippen molar-refractivity contribution >= 4 is 17.3 Å². The first-order chi connectivity index (χ1) is 10.0. The Labute approximate surface area is 126 Å². The van der Waals surface area contributed by atoms with Gasteiger partial charge in [-0.05, 0) is 31.2 Å². The molecule has 1 aromatic heterocycles. The highest BCUT2D eigenvalue weighted by Gasteiger charge is 2.15. The molecular weight excluding hydrogens is 294 g/mol. The van der Waals surface area contributed by atoms with Gasteiger partial charge in [-0.3, -0.25) is 15.1 Å². The molecule has 1 aromatic carbocycles. The van der Waals surface area contributed by atoms with Crippen molar-refractivity contribution in [1.82, 2.24) is 4.98 Å². The van der Waals surface area contributed by atoms with Gasteiger partial charge in [-0.15, -0.1) is 0 Å². The first kappa shape index (κ1) is 15.2. The first-order valence-electron chi connectivity index (χ1n) is 6.23. The van der Waals surface area contributed by atoms with Gasteiger partial charge in [0, 0.05) is 23.3 Å². The standard InChI is InChI=1S/C14H14ClN3O3/c1-9-2-5-14(12(7-16)17-9)21-8-10-3-4-11(15)6-13(10)18(19)20/h2-6H,7-8,16H2,1H3. The summed E-state index contributed by atoms with van der Waals surface area (Å²) >= 11 is 5.77. The van der Waals surface area contributed by atoms with E-state index in [2.05, 4.69) is 4.98 Å². The summed E-state index contributed by atoms with van der Waals surface area (Å²) in [6, 6.07) is 8.02. The average molecular weight is 308 g/mol. The van der Waals surface area contributed by atoms with Gasteiger partial charge in [0.05, 0.1) is 16.2 Å². The van der Waals surface area contributed by atoms with Crippen molar-refractivity contribution in [1.29, 1.82) is 0 Å². The molecule has 6 nitrogen and oxygen atoms in total. The SMILES string of the molecule is Cc1ccc(OCc2ccc(Cl)cc2[N+](=O)[O-])c(CN)n1. The predicted molar refractivity (Wildman–Crippen MR) is 79.3 cm³/mol. The molecule has 0 bridgehead atoms. The molecule has 0 radical (unpaired) electrons. The largest absolute Gasteiger partial charge is 0.487 e. The maximum Gasteiger partial charge on any atom is 0.277 e. The minimum absolute atomic E-state index is 0.0468. The molecule has 0 atom stereocenters. The first-order valence-corrected chi connectivity index (χ1v) is 6.61. The molecule has 0 aliphatic heterocycles. The summed E-state index contributed by atoms with van der Waals surface area (Å²) in [7, 11) is 0. The van der Waals surface area contributed by atoms with Crippen LogP contribution in [0.3, 0.4) is 0 Å². The van der Waals surface area contributed by atoms with Crippen molar-refractivity contribution in [3.63, 3.8) is 0 Å². The van der Waals surface area contributed by atoms with E-state index in [-0.39, 0.29) is 18.8 Å². The van der Waals surface area contributed by atoms with Gasteiger partial charge in [0.25, 0.3) is 5.69 Å². The summed E-state index contributed by atoms with van der Waals surface area (Å²) in [5, 5.41) is 11.3. The van der Waals surface area contributed by atoms with Gasteiger partial charge >= 0.3 is 0 Å². The van der Waals surface area contributed by atoms with E-state index in [1.807, 2.05) is 6.92 Å². The number of pyridine rings is 1. The number of nitro groups is 1. The summed E-state index contributed by atoms with van der Waals surface area (Å²) in [6.45, 7) is 2.14. The normalized spacial score (nSPS) is 10.4. The highest BCUT2D eigenvalue weighted by Crippen LogP contribution is 2.25. The molecule has 110 valence electrons. The Balaban J connectivity index is 2.22. The van der Waals surface area contributed by atoms with E-state index in [1.165, 1.54) is 6.07 Å². The Morgan fingerprint density at radius 2 is 2.14 bits per heavy atom. The summed E-state index contributed by atoms with van der Waals surface area (Å²) < 4.78 is 5.61. The van der Waals surface area contributed by atoms with Crippen LogP contribution in [0.4, 0.5) is 5.69 Å². The average Bonchev–Trinajstić information content (AvgIpc) is 2.46. The topological polar surface area (TPSA) is 91.3 Å². The number of nitro benzene ring substituents is 1. The molecule has 0 fully saturated rings. The van der Waals surface area contributed by atoms with Gasteiger partial charge < -0.3 is 10.5 Å². The Bertz CT molecular complexity index is 677. The number of aryl methyl sites for hydroxylation is 1. The minimum Gasteiger partial charge on any atom is -0.487 e. The van der Waals surface area contributed by atoms with Crippen LogP contribution >= 0.6 is 11.6 Å². The van der Waals surface area contributed by atoms with Crippen molar-refractivity contribution in [3.05, 3.63) is 62.4 Å². The summed E-state index contributed by atoms with van der Waals surface area (Å²) in [4.78, 5) is 14.8. The summed E-state index contributed by atoms with van der Waals surface area (Å²) in [6.07, 6.45) is 0. The fraction of sp³-hybridized carbons (Fsp3) is 0.214. The molecule has 0 aliphatic rings. The van der Waals surface area contributed by atoms with Crippen LogP contribution in [0.2, 0.25) is 5.02 Å². The molecular formula is C14H14ClN3O3. The summed E-state index contributed by atoms with van der Waals surface area (Å²) in [5.41, 5.74) is 7.43. The van der Waals surface area contributed by atoms with Crippen LogP contribution in [0.25, 0.3) is 0 Å². The van der Waals surface area contributed by atoms with E-state index in [0.717, 1.165) is 5.69 Å². The Morgan fingerprint density at radius 3 is 2.81 bits per heavy atom. The van der Waals surface area contributed by atoms with Gasteiger partial charge in [0.1, 0.15) is 12.4 Å². The van der Waals surface area contributed by atoms with E-state index in [9.17, 15) is 10.1 Å². The molecule has 0 aliphatic carbocycles. The van der Waals surface area contributed by atoms with E-state index >= 15 is 0 Å². The number of halogens is 1. The lowest BCUT2D eigenvalue weighted by atomic mass is 10.2. The number of ether oxygens (including phenoxy) is 1. The number of rotatable bonds is 5. The number of hydrogen-bond donors (Lipinski definition) is 1. The highest BCUT2D eigenvalue weighted by molar-refractivity contribution is 6.30. The molecule has 2 rings (SSSR count). The van der Waals surface area contributed by atoms with E-state index in [4.69, 9.17) is 22.1 Å². The second-order valence-electron chi connectivity index (χ2n) is 4.42. The van der Waals surface area contributed by atoms with Crippen LogP contribution in [0.15, 0.2) is 30.3 Å². The van der Waals surface area contributed by atoms with Crippen molar-refractivity contribution < 1.29 is 9.66 Å². The smallest absolute Gasteiger partial charge is 0.277 e. The molecule has 0 spiro atoms. The Hall–Kier alpha value is -2.18. The van der Waals surface area contributed by atoms with Crippen LogP contribution < -0.4 is 10.5 Å². The lowest BCUT2D eigenvalue weighted by Crippen LogP contribution is -2.07. The Kier molecular flexibility index (Phi) is 4.72. The molecule has 7 heteroatoms. The maximum absolute atomic E-state index is 11.0. The highest BCUT2D eigenvalue weighted by atomic mass is 35.5. The van der Waals surface area contributed by atoms with Crippen molar-refractivity contribution in [2.75, 3.05) is 0 Å². The second kappa shape index (κ2) is 6.51. The van der Waals surface area contributed by atoms with Crippen LogP contribution in [0, 0.1) is 17.0 Å². The molecule has 2 N–H and O–H groups in total. The molecule has 1 heterocycles. The monoisotopic (exact) mass is 307 g/mol. The molecule has 21 heavy (non-hydrogen) atoms. The number of aromatic nitrogens is 1. The molecule has 0 saturated heterocycles. The lowest BCUT2D eigenvalue weighted by Gasteiger charge is -2.10. The van der Waals surface area contributed by atoms with Crippen LogP contribution in [0.1, 0.15) is 17.0 Å². The quantitative estimate of drug-likeness (QED) is 0.677. The third-order valence-electron chi connectivity index (χ3n) is 2.89. The van der Waals surface area contributed by atoms with Crippen molar-refractivity contribution in [2.24, 2.45) is 5.73 Å². The zero-order valence-electron chi connectivity index (χ0n) is 11.4. The molecule has 0 amide bonds. The fourth-order valence-corrected chi connectivity index (χ4v) is 2.03. The van der Waals surface area contributed by atoms with Gasteiger partial charge in [-0.25, -0.2) is 0 Å². The molecule has 0 saturated carbocycles. The zero-order valence-corrected chi connectivity index (χ0v) is 12.1. The van der Waals surface area contributed by atoms with Gasteiger partial charge in [-0.2, -0.15) is 0 Å². The predicted octanol–water partition coefficient (Wildman–Crippen LogP) is 2.99. The second-order valence-corrected chi connectivity index (χ2v) is 4.86. The summed E-state index contributed by atoms with van der Waals surface area (Å²) in [5.74, 6) is 0.521. The van der Waals surface area contributed by atoms with Gasteiger partial charge in [-0.1, -0.05) is 11.6 Å². The lowest BCUT2D eigenvalue weighted by molar-refractivity contribution is -0.385. The van der Waals surface area contributed by atoms with E-state index in [0.29, 0.717) is 22.0 Å². The molecule has 2 aromatic rings. The van der Waals surface area contributed by atoms with Crippen molar-refractivity contribution in [2.45, 2.75) is 20.1 Å².